The van der Waals surface area contributed by atoms with Crippen molar-refractivity contribution in [3.05, 3.63) is 0 Å². The Morgan fingerprint density at radius 1 is 0.932 bits per heavy atom. The van der Waals surface area contributed by atoms with E-state index in [0.717, 1.165) is 96.8 Å². The summed E-state index contributed by atoms with van der Waals surface area (Å²) < 4.78 is 37.1. The molecule has 0 aromatic carbocycles. The standard InChI is InChI=1S/C34H65N3O6S/c1-22(2)30(43-44(40,41)42)12-9-23(3)26-10-11-27-32-28(21-31(39)34(26,27)5)33(4)14-13-25(19-24(33)20-29(32)38)37-18-8-17-36-16-7-6-15-35/h22-32,36-39H,6-21,35H2,1-5H3,(H,40,41,42)/t23-,24-,25+,26-,27+,28+,29-,30-,31+,32+,33+,34-/m1/s1. The summed E-state index contributed by atoms with van der Waals surface area (Å²) in [5.74, 6) is 1.86. The van der Waals surface area contributed by atoms with Crippen molar-refractivity contribution in [1.82, 2.24) is 10.6 Å². The Kier molecular flexibility index (Phi) is 12.7. The third-order valence-corrected chi connectivity index (χ3v) is 13.7. The summed E-state index contributed by atoms with van der Waals surface area (Å²) in [5.41, 5.74) is 5.46. The van der Waals surface area contributed by atoms with E-state index in [1.54, 1.807) is 0 Å². The summed E-state index contributed by atoms with van der Waals surface area (Å²) in [5, 5.41) is 31.1. The molecular weight excluding hydrogens is 578 g/mol. The van der Waals surface area contributed by atoms with Crippen LogP contribution in [0.2, 0.25) is 0 Å². The number of hydrogen-bond donors (Lipinski definition) is 6. The van der Waals surface area contributed by atoms with E-state index in [9.17, 15) is 23.2 Å². The van der Waals surface area contributed by atoms with Gasteiger partial charge >= 0.3 is 10.4 Å². The Hall–Kier alpha value is -0.330. The molecule has 4 saturated carbocycles. The molecule has 258 valence electrons. The van der Waals surface area contributed by atoms with Crippen molar-refractivity contribution in [2.24, 2.45) is 58.0 Å². The second-order valence-corrected chi connectivity index (χ2v) is 17.0. The molecular formula is C34H65N3O6S. The van der Waals surface area contributed by atoms with Crippen LogP contribution in [-0.2, 0) is 14.6 Å². The highest BCUT2D eigenvalue weighted by molar-refractivity contribution is 7.80. The average Bonchev–Trinajstić information content (AvgIpc) is 3.31. The first kappa shape index (κ1) is 36.5. The van der Waals surface area contributed by atoms with E-state index in [1.807, 2.05) is 13.8 Å². The van der Waals surface area contributed by atoms with Gasteiger partial charge in [-0.05, 0) is 155 Å². The third kappa shape index (κ3) is 8.03. The van der Waals surface area contributed by atoms with Gasteiger partial charge in [-0.1, -0.05) is 34.6 Å². The van der Waals surface area contributed by atoms with Crippen LogP contribution in [0, 0.1) is 52.3 Å². The molecule has 7 N–H and O–H groups in total. The zero-order valence-corrected chi connectivity index (χ0v) is 29.0. The Balaban J connectivity index is 1.35. The predicted octanol–water partition coefficient (Wildman–Crippen LogP) is 4.52. The minimum Gasteiger partial charge on any atom is -0.393 e. The van der Waals surface area contributed by atoms with Crippen LogP contribution >= 0.6 is 0 Å². The van der Waals surface area contributed by atoms with E-state index in [-0.39, 0.29) is 34.7 Å². The number of aliphatic hydroxyl groups excluding tert-OH is 2. The maximum Gasteiger partial charge on any atom is 0.397 e. The predicted molar refractivity (Wildman–Crippen MR) is 175 cm³/mol. The van der Waals surface area contributed by atoms with E-state index < -0.39 is 22.6 Å². The van der Waals surface area contributed by atoms with Gasteiger partial charge in [0.15, 0.2) is 0 Å². The first-order valence-electron chi connectivity index (χ1n) is 17.9. The average molecular weight is 644 g/mol. The van der Waals surface area contributed by atoms with Crippen molar-refractivity contribution in [3.63, 3.8) is 0 Å². The largest absolute Gasteiger partial charge is 0.397 e. The molecule has 0 aliphatic heterocycles. The zero-order valence-electron chi connectivity index (χ0n) is 28.2. The Bertz CT molecular complexity index is 1010. The van der Waals surface area contributed by atoms with Crippen LogP contribution < -0.4 is 16.4 Å². The molecule has 4 fully saturated rings. The lowest BCUT2D eigenvalue weighted by molar-refractivity contribution is -0.202. The fraction of sp³-hybridized carbons (Fsp3) is 1.00. The van der Waals surface area contributed by atoms with Gasteiger partial charge in [-0.15, -0.1) is 0 Å². The summed E-state index contributed by atoms with van der Waals surface area (Å²) >= 11 is 0. The molecule has 44 heavy (non-hydrogen) atoms. The monoisotopic (exact) mass is 643 g/mol. The van der Waals surface area contributed by atoms with Crippen molar-refractivity contribution in [2.75, 3.05) is 26.2 Å². The molecule has 4 aliphatic rings. The zero-order chi connectivity index (χ0) is 32.3. The summed E-state index contributed by atoms with van der Waals surface area (Å²) in [6.07, 6.45) is 10.5. The van der Waals surface area contributed by atoms with Crippen LogP contribution in [0.3, 0.4) is 0 Å². The highest BCUT2D eigenvalue weighted by Gasteiger charge is 2.65. The molecule has 0 unspecified atom stereocenters. The molecule has 0 amide bonds. The third-order valence-electron chi connectivity index (χ3n) is 13.2. The highest BCUT2D eigenvalue weighted by atomic mass is 32.3. The minimum absolute atomic E-state index is 0.0398. The number of nitrogens with one attached hydrogen (secondary N) is 2. The van der Waals surface area contributed by atoms with Gasteiger partial charge < -0.3 is 26.6 Å². The van der Waals surface area contributed by atoms with E-state index in [1.165, 1.54) is 0 Å². The summed E-state index contributed by atoms with van der Waals surface area (Å²) in [4.78, 5) is 0. The number of unbranched alkanes of at least 4 members (excludes halogenated alkanes) is 1. The molecule has 0 aromatic rings. The van der Waals surface area contributed by atoms with Gasteiger partial charge in [0.2, 0.25) is 0 Å². The van der Waals surface area contributed by atoms with E-state index in [4.69, 9.17) is 9.92 Å². The van der Waals surface area contributed by atoms with E-state index >= 15 is 0 Å². The number of fused-ring (bicyclic) bond motifs is 5. The van der Waals surface area contributed by atoms with E-state index in [0.29, 0.717) is 36.1 Å². The van der Waals surface area contributed by atoms with Crippen LogP contribution in [0.15, 0.2) is 0 Å². The van der Waals surface area contributed by atoms with Gasteiger partial charge in [0.1, 0.15) is 0 Å². The first-order chi connectivity index (χ1) is 20.7. The highest BCUT2D eigenvalue weighted by Crippen LogP contribution is 2.68. The Morgan fingerprint density at radius 3 is 2.34 bits per heavy atom. The second-order valence-electron chi connectivity index (χ2n) is 16.0. The number of aliphatic hydroxyl groups is 2. The lowest BCUT2D eigenvalue weighted by Crippen LogP contribution is -2.62. The quantitative estimate of drug-likeness (QED) is 0.105. The molecule has 0 bridgehead atoms. The van der Waals surface area contributed by atoms with Gasteiger partial charge in [0.05, 0.1) is 18.3 Å². The van der Waals surface area contributed by atoms with Crippen LogP contribution in [0.1, 0.15) is 112 Å². The van der Waals surface area contributed by atoms with Gasteiger partial charge in [0, 0.05) is 6.04 Å². The maximum atomic E-state index is 11.9. The fourth-order valence-electron chi connectivity index (χ4n) is 10.7. The SMILES string of the molecule is CC(C)[C@@H](CC[C@@H](C)[C@H]1CC[C@H]2[C@@H]3[C@H](O)C[C@H]4C[C@@H](NCCCNCCCCN)CC[C@]4(C)[C@H]3C[C@H](O)[C@]12C)OS(=O)(=O)O. The topological polar surface area (TPSA) is 154 Å². The Morgan fingerprint density at radius 2 is 1.66 bits per heavy atom. The van der Waals surface area contributed by atoms with Crippen LogP contribution in [0.25, 0.3) is 0 Å². The normalized spacial score (nSPS) is 40.3. The van der Waals surface area contributed by atoms with Gasteiger partial charge in [-0.3, -0.25) is 4.55 Å². The van der Waals surface area contributed by atoms with E-state index in [2.05, 4.69) is 31.4 Å². The summed E-state index contributed by atoms with van der Waals surface area (Å²) in [6, 6.07) is 0.504. The Labute approximate surface area is 268 Å². The molecule has 0 spiro atoms. The molecule has 0 heterocycles. The summed E-state index contributed by atoms with van der Waals surface area (Å²) in [6.45, 7) is 14.6. The molecule has 0 saturated heterocycles. The van der Waals surface area contributed by atoms with Crippen molar-refractivity contribution >= 4 is 10.4 Å². The van der Waals surface area contributed by atoms with Crippen LogP contribution in [0.4, 0.5) is 0 Å². The molecule has 4 aliphatic carbocycles. The van der Waals surface area contributed by atoms with Gasteiger partial charge in [-0.2, -0.15) is 8.42 Å². The van der Waals surface area contributed by atoms with Crippen molar-refractivity contribution < 1.29 is 27.4 Å². The fourth-order valence-corrected chi connectivity index (χ4v) is 11.3. The van der Waals surface area contributed by atoms with Gasteiger partial charge in [-0.25, -0.2) is 4.18 Å². The first-order valence-corrected chi connectivity index (χ1v) is 19.2. The number of nitrogens with two attached hydrogens (primary N) is 1. The lowest BCUT2D eigenvalue weighted by Gasteiger charge is -2.64. The van der Waals surface area contributed by atoms with Crippen LogP contribution in [0.5, 0.6) is 0 Å². The molecule has 0 aromatic heterocycles. The number of hydrogen-bond acceptors (Lipinski definition) is 8. The van der Waals surface area contributed by atoms with Crippen molar-refractivity contribution in [3.8, 4) is 0 Å². The smallest absolute Gasteiger partial charge is 0.393 e. The maximum absolute atomic E-state index is 11.9. The van der Waals surface area contributed by atoms with Crippen molar-refractivity contribution in [2.45, 2.75) is 136 Å². The molecule has 4 rings (SSSR count). The molecule has 0 radical (unpaired) electrons. The molecule has 9 nitrogen and oxygen atoms in total. The lowest BCUT2D eigenvalue weighted by atomic mass is 9.43. The molecule has 10 heteroatoms. The second kappa shape index (κ2) is 15.3. The number of rotatable bonds is 16. The van der Waals surface area contributed by atoms with Crippen LogP contribution in [-0.4, -0.2) is 73.7 Å². The minimum atomic E-state index is -4.50. The molecule has 12 atom stereocenters. The summed E-state index contributed by atoms with van der Waals surface area (Å²) in [7, 11) is -4.50. The van der Waals surface area contributed by atoms with Crippen molar-refractivity contribution in [1.29, 1.82) is 0 Å². The van der Waals surface area contributed by atoms with Gasteiger partial charge in [0.25, 0.3) is 0 Å².